The summed E-state index contributed by atoms with van der Waals surface area (Å²) in [4.78, 5) is 42.5. The van der Waals surface area contributed by atoms with Crippen LogP contribution >= 0.6 is 0 Å². The number of alkyl halides is 1. The molecule has 10 heteroatoms. The Kier molecular flexibility index (Phi) is 7.49. The number of aliphatic carboxylic acids is 1. The molecule has 0 aliphatic carbocycles. The van der Waals surface area contributed by atoms with Crippen molar-refractivity contribution in [2.45, 2.75) is 75.6 Å². The molecule has 188 valence electrons. The fourth-order valence-corrected chi connectivity index (χ4v) is 11.8. The van der Waals surface area contributed by atoms with Gasteiger partial charge in [-0.3, -0.25) is 0 Å². The van der Waals surface area contributed by atoms with Gasteiger partial charge in [-0.1, -0.05) is 0 Å². The molecule has 3 aliphatic rings. The summed E-state index contributed by atoms with van der Waals surface area (Å²) in [5, 5.41) is 10.5. The van der Waals surface area contributed by atoms with Crippen LogP contribution < -0.4 is 5.73 Å². The van der Waals surface area contributed by atoms with Crippen molar-refractivity contribution in [1.82, 2.24) is 9.80 Å². The second-order valence-electron chi connectivity index (χ2n) is 10.7. The number of halogens is 1. The molecule has 3 N–H and O–H groups in total. The Morgan fingerprint density at radius 2 is 1.88 bits per heavy atom. The number of carboxylic acids is 1. The summed E-state index contributed by atoms with van der Waals surface area (Å²) < 4.78 is 20.9. The number of allylic oxidation sites excluding steroid dienone is 1. The molecule has 34 heavy (non-hydrogen) atoms. The second kappa shape index (κ2) is 9.32. The van der Waals surface area contributed by atoms with Crippen LogP contribution in [-0.2, 0) is 19.1 Å². The number of hydrogen-bond acceptors (Lipinski definition) is 6. The van der Waals surface area contributed by atoms with Gasteiger partial charge in [0.1, 0.15) is 0 Å². The van der Waals surface area contributed by atoms with Crippen molar-refractivity contribution < 1.29 is 28.6 Å². The molecule has 5 atom stereocenters. The van der Waals surface area contributed by atoms with E-state index in [-0.39, 0.29) is 17.4 Å². The fourth-order valence-electron chi connectivity index (χ4n) is 6.00. The van der Waals surface area contributed by atoms with Crippen LogP contribution in [-0.4, -0.2) is 105 Å². The van der Waals surface area contributed by atoms with Crippen molar-refractivity contribution in [2.75, 3.05) is 26.2 Å². The van der Waals surface area contributed by atoms with Gasteiger partial charge in [0, 0.05) is 0 Å². The molecule has 2 bridgehead atoms. The topological polar surface area (TPSA) is 113 Å². The number of nitrogens with zero attached hydrogens (tertiary/aromatic N) is 2. The summed E-state index contributed by atoms with van der Waals surface area (Å²) in [5.41, 5.74) is 3.29. The minimum absolute atomic E-state index is 0.178. The number of fused-ring (bicyclic) bond motifs is 1. The summed E-state index contributed by atoms with van der Waals surface area (Å²) in [6, 6.07) is -0.315. The average Bonchev–Trinajstić information content (AvgIpc) is 3.23. The van der Waals surface area contributed by atoms with Crippen molar-refractivity contribution in [1.29, 1.82) is 0 Å². The van der Waals surface area contributed by atoms with E-state index in [9.17, 15) is 19.5 Å². The molecule has 0 saturated carbocycles. The van der Waals surface area contributed by atoms with Crippen molar-refractivity contribution in [2.24, 2.45) is 17.6 Å². The molecule has 0 aromatic heterocycles. The monoisotopic (exact) mass is 581 g/mol. The predicted octanol–water partition coefficient (Wildman–Crippen LogP) is 1.19. The number of ketones is 1. The van der Waals surface area contributed by atoms with Gasteiger partial charge in [-0.05, 0) is 0 Å². The van der Waals surface area contributed by atoms with Crippen LogP contribution in [0.4, 0.5) is 4.39 Å². The van der Waals surface area contributed by atoms with E-state index in [2.05, 4.69) is 18.7 Å². The van der Waals surface area contributed by atoms with Gasteiger partial charge in [-0.15, -0.1) is 0 Å². The van der Waals surface area contributed by atoms with Gasteiger partial charge in [-0.2, -0.15) is 0 Å². The van der Waals surface area contributed by atoms with Gasteiger partial charge in [-0.25, -0.2) is 0 Å². The molecule has 3 rings (SSSR count). The summed E-state index contributed by atoms with van der Waals surface area (Å²) in [5.74, 6) is -3.26. The number of likely N-dealkylation sites (tertiary alicyclic amines) is 1. The van der Waals surface area contributed by atoms with Crippen molar-refractivity contribution in [3.63, 3.8) is 0 Å². The van der Waals surface area contributed by atoms with E-state index in [0.717, 1.165) is 13.1 Å². The summed E-state index contributed by atoms with van der Waals surface area (Å²) in [7, 11) is 0. The zero-order valence-corrected chi connectivity index (χ0v) is 24.6. The van der Waals surface area contributed by atoms with Gasteiger partial charge in [0.2, 0.25) is 0 Å². The van der Waals surface area contributed by atoms with E-state index in [0.29, 0.717) is 22.0 Å². The first-order valence-corrected chi connectivity index (χ1v) is 15.4. The third-order valence-electron chi connectivity index (χ3n) is 7.49. The number of hydrogen-bond donors (Lipinski definition) is 2. The third-order valence-corrected chi connectivity index (χ3v) is 13.1. The molecule has 1 saturated heterocycles. The number of amides is 1. The first-order chi connectivity index (χ1) is 15.6. The van der Waals surface area contributed by atoms with Gasteiger partial charge in [0.25, 0.3) is 0 Å². The average molecular weight is 581 g/mol. The van der Waals surface area contributed by atoms with Crippen LogP contribution in [0.15, 0.2) is 11.3 Å². The quantitative estimate of drug-likeness (QED) is 0.443. The molecule has 8 nitrogen and oxygen atoms in total. The van der Waals surface area contributed by atoms with E-state index in [1.807, 2.05) is 18.7 Å². The normalized spacial score (nSPS) is 35.2. The Hall–Kier alpha value is -1.26. The maximum atomic E-state index is 16.6. The van der Waals surface area contributed by atoms with Gasteiger partial charge >= 0.3 is 212 Å². The van der Waals surface area contributed by atoms with Crippen LogP contribution in [0.3, 0.4) is 0 Å². The zero-order valence-electron chi connectivity index (χ0n) is 21.3. The molecular formula is C24H37FInN3O5. The van der Waals surface area contributed by atoms with Gasteiger partial charge < -0.3 is 0 Å². The van der Waals surface area contributed by atoms with E-state index < -0.39 is 67.2 Å². The number of carboxylic acid groups (broad SMARTS) is 1. The van der Waals surface area contributed by atoms with E-state index in [4.69, 9.17) is 10.5 Å². The fraction of sp³-hybridized carbons (Fsp3) is 0.750. The van der Waals surface area contributed by atoms with Gasteiger partial charge in [0.05, 0.1) is 0 Å². The number of primary amides is 1. The molecule has 1 amide bonds. The van der Waals surface area contributed by atoms with Gasteiger partial charge in [0.15, 0.2) is 0 Å². The maximum absolute atomic E-state index is 16.6. The van der Waals surface area contributed by atoms with Crippen LogP contribution in [0.1, 0.15) is 54.9 Å². The number of likely N-dealkylation sites (N-methyl/N-ethyl adjacent to an activating group) is 1. The Balaban J connectivity index is 2.29. The molecular weight excluding hydrogens is 544 g/mol. The van der Waals surface area contributed by atoms with E-state index in [1.54, 1.807) is 20.8 Å². The SMILES string of the molecule is CCN(CC)CCN1/C(=C2\[C]3=[In][C](F)(CC3=O)C2(OC(C)(C)C)C(=O)O)C(C)C(C(N)=O)C1C. The van der Waals surface area contributed by atoms with E-state index >= 15 is 4.39 Å². The first kappa shape index (κ1) is 27.3. The molecule has 0 aromatic carbocycles. The van der Waals surface area contributed by atoms with Crippen molar-refractivity contribution in [3.8, 4) is 0 Å². The van der Waals surface area contributed by atoms with Crippen molar-refractivity contribution >= 4 is 43.3 Å². The number of Topliss-reactive ketones (excluding diaryl/α,β-unsaturated/α-hetero) is 1. The summed E-state index contributed by atoms with van der Waals surface area (Å²) >= 11 is -2.47. The molecule has 1 fully saturated rings. The van der Waals surface area contributed by atoms with Crippen molar-refractivity contribution in [3.05, 3.63) is 11.3 Å². The molecule has 0 aromatic rings. The molecule has 5 unspecified atom stereocenters. The van der Waals surface area contributed by atoms with Crippen LogP contribution in [0, 0.1) is 11.8 Å². The summed E-state index contributed by atoms with van der Waals surface area (Å²) in [6.45, 7) is 15.8. The second-order valence-corrected chi connectivity index (χ2v) is 15.7. The Morgan fingerprint density at radius 3 is 2.35 bits per heavy atom. The van der Waals surface area contributed by atoms with Crippen LogP contribution in [0.25, 0.3) is 0 Å². The first-order valence-electron chi connectivity index (χ1n) is 12.1. The summed E-state index contributed by atoms with van der Waals surface area (Å²) in [6.07, 6.45) is -0.439. The molecule has 3 aliphatic heterocycles. The Labute approximate surface area is 211 Å². The number of carbonyl (C=O) groups excluding carboxylic acids is 2. The van der Waals surface area contributed by atoms with Crippen LogP contribution in [0.2, 0.25) is 0 Å². The van der Waals surface area contributed by atoms with E-state index in [1.165, 1.54) is 0 Å². The Bertz CT molecular complexity index is 957. The zero-order chi connectivity index (χ0) is 25.8. The number of rotatable bonds is 8. The molecule has 0 spiro atoms. The minimum atomic E-state index is -2.47. The number of nitrogens with two attached hydrogens (primary N) is 1. The van der Waals surface area contributed by atoms with Crippen LogP contribution in [0.5, 0.6) is 0 Å². The number of ether oxygens (including phenoxy) is 1. The number of carbonyl (C=O) groups is 3. The molecule has 0 radical (unpaired) electrons. The Morgan fingerprint density at radius 1 is 1.29 bits per heavy atom. The standard InChI is InChI=1S/C24H37FN3O5.In/c1-8-27(9-2)10-11-28-15(4)19(21(26)30)14(3)20(28)17-12-16(29)13-18(25)24(17,22(31)32)33-23(5,6)7;/h14-15,19H,8-11,13H2,1-7H3,(H2,26,30)(H,31,32);/b20-17+;. The molecule has 3 heterocycles. The predicted molar refractivity (Wildman–Crippen MR) is 128 cm³/mol. The third kappa shape index (κ3) is 4.17.